The predicted molar refractivity (Wildman–Crippen MR) is 129 cm³/mol. The molecule has 1 atom stereocenters. The highest BCUT2D eigenvalue weighted by molar-refractivity contribution is 7.17. The number of anilines is 1. The zero-order valence-electron chi connectivity index (χ0n) is 20.4. The lowest BCUT2D eigenvalue weighted by molar-refractivity contribution is -0.123. The number of nitrogens with zero attached hydrogens (tertiary/aromatic N) is 1. The number of carbonyl (C=O) groups is 3. The van der Waals surface area contributed by atoms with Crippen LogP contribution in [0.2, 0.25) is 0 Å². The number of esters is 2. The van der Waals surface area contributed by atoms with Crippen molar-refractivity contribution in [3.63, 3.8) is 0 Å². The summed E-state index contributed by atoms with van der Waals surface area (Å²) in [5.41, 5.74) is 0.249. The van der Waals surface area contributed by atoms with Gasteiger partial charge in [-0.3, -0.25) is 9.59 Å². The maximum Gasteiger partial charge on any atom is 0.346 e. The molecular formula is C24H31N3O6S. The Morgan fingerprint density at radius 1 is 1.15 bits per heavy atom. The van der Waals surface area contributed by atoms with Gasteiger partial charge in [0.05, 0.1) is 17.9 Å². The molecule has 3 rings (SSSR count). The van der Waals surface area contributed by atoms with E-state index in [0.717, 1.165) is 36.1 Å². The van der Waals surface area contributed by atoms with Gasteiger partial charge >= 0.3 is 11.9 Å². The number of ether oxygens (including phenoxy) is 2. The number of aromatic nitrogens is 2. The summed E-state index contributed by atoms with van der Waals surface area (Å²) in [5.74, 6) is -1.57. The first kappa shape index (κ1) is 25.6. The fourth-order valence-electron chi connectivity index (χ4n) is 3.74. The Kier molecular flexibility index (Phi) is 7.60. The van der Waals surface area contributed by atoms with Crippen LogP contribution in [0.25, 0.3) is 0 Å². The molecule has 0 aromatic carbocycles. The number of aryl methyl sites for hydroxylation is 2. The van der Waals surface area contributed by atoms with Crippen LogP contribution in [-0.4, -0.2) is 40.5 Å². The Bertz CT molecular complexity index is 1170. The van der Waals surface area contributed by atoms with Gasteiger partial charge in [0.2, 0.25) is 0 Å². The standard InChI is InChI=1S/C24H31N3O6S/c1-7-32-21(30)17-14-10-8-9-11-15(14)34-20(17)26-18(28)13(3)33-22(31)16-12(2)25-23(24(4,5)6)27-19(16)29/h13H,7-11H2,1-6H3,(H,26,28)(H,25,27,29)/t13-/m1/s1. The average molecular weight is 490 g/mol. The molecule has 0 spiro atoms. The van der Waals surface area contributed by atoms with E-state index in [9.17, 15) is 19.2 Å². The molecule has 9 nitrogen and oxygen atoms in total. The van der Waals surface area contributed by atoms with E-state index in [4.69, 9.17) is 9.47 Å². The van der Waals surface area contributed by atoms with Crippen LogP contribution in [0.5, 0.6) is 0 Å². The summed E-state index contributed by atoms with van der Waals surface area (Å²) in [4.78, 5) is 58.7. The van der Waals surface area contributed by atoms with E-state index < -0.39 is 34.9 Å². The molecule has 0 radical (unpaired) electrons. The average Bonchev–Trinajstić information content (AvgIpc) is 3.10. The van der Waals surface area contributed by atoms with E-state index in [1.807, 2.05) is 20.8 Å². The Morgan fingerprint density at radius 2 is 1.82 bits per heavy atom. The van der Waals surface area contributed by atoms with Crippen molar-refractivity contribution in [3.05, 3.63) is 43.4 Å². The molecule has 184 valence electrons. The maximum absolute atomic E-state index is 12.8. The van der Waals surface area contributed by atoms with Gasteiger partial charge in [0.25, 0.3) is 11.5 Å². The minimum absolute atomic E-state index is 0.223. The number of nitrogens with one attached hydrogen (secondary N) is 2. The first-order valence-electron chi connectivity index (χ1n) is 11.4. The van der Waals surface area contributed by atoms with Crippen molar-refractivity contribution >= 4 is 34.2 Å². The molecule has 10 heteroatoms. The third-order valence-corrected chi connectivity index (χ3v) is 6.76. The molecule has 2 N–H and O–H groups in total. The van der Waals surface area contributed by atoms with E-state index in [1.54, 1.807) is 13.8 Å². The normalized spacial score (nSPS) is 14.2. The van der Waals surface area contributed by atoms with Gasteiger partial charge in [-0.05, 0) is 52.0 Å². The Balaban J connectivity index is 1.79. The number of hydrogen-bond donors (Lipinski definition) is 2. The summed E-state index contributed by atoms with van der Waals surface area (Å²) in [6.45, 7) is 10.6. The molecule has 34 heavy (non-hydrogen) atoms. The fourth-order valence-corrected chi connectivity index (χ4v) is 5.02. The predicted octanol–water partition coefficient (Wildman–Crippen LogP) is 3.68. The van der Waals surface area contributed by atoms with Crippen molar-refractivity contribution in [2.45, 2.75) is 78.7 Å². The fraction of sp³-hybridized carbons (Fsp3) is 0.542. The number of carbonyl (C=O) groups excluding carboxylic acids is 3. The lowest BCUT2D eigenvalue weighted by Gasteiger charge is -2.18. The van der Waals surface area contributed by atoms with Gasteiger partial charge in [0.1, 0.15) is 16.4 Å². The zero-order valence-corrected chi connectivity index (χ0v) is 21.2. The van der Waals surface area contributed by atoms with Gasteiger partial charge in [0.15, 0.2) is 6.10 Å². The second-order valence-electron chi connectivity index (χ2n) is 9.30. The number of rotatable bonds is 6. The SMILES string of the molecule is CCOC(=O)c1c(NC(=O)[C@@H](C)OC(=O)c2c(C)nc(C(C)(C)C)[nH]c2=O)sc2c1CCCC2. The summed E-state index contributed by atoms with van der Waals surface area (Å²) >= 11 is 1.35. The van der Waals surface area contributed by atoms with Gasteiger partial charge in [-0.25, -0.2) is 14.6 Å². The molecule has 0 fully saturated rings. The van der Waals surface area contributed by atoms with Crippen LogP contribution in [0.3, 0.4) is 0 Å². The zero-order chi connectivity index (χ0) is 25.2. The molecular weight excluding hydrogens is 458 g/mol. The molecule has 0 unspecified atom stereocenters. The molecule has 2 aromatic rings. The lowest BCUT2D eigenvalue weighted by Crippen LogP contribution is -2.34. The van der Waals surface area contributed by atoms with Crippen LogP contribution < -0.4 is 10.9 Å². The Morgan fingerprint density at radius 3 is 2.44 bits per heavy atom. The van der Waals surface area contributed by atoms with Gasteiger partial charge in [-0.2, -0.15) is 0 Å². The summed E-state index contributed by atoms with van der Waals surface area (Å²) < 4.78 is 10.5. The van der Waals surface area contributed by atoms with Crippen LogP contribution in [0.4, 0.5) is 5.00 Å². The van der Waals surface area contributed by atoms with Gasteiger partial charge < -0.3 is 19.8 Å². The van der Waals surface area contributed by atoms with Gasteiger partial charge in [0, 0.05) is 10.3 Å². The summed E-state index contributed by atoms with van der Waals surface area (Å²) in [6, 6.07) is 0. The molecule has 2 heterocycles. The second-order valence-corrected chi connectivity index (χ2v) is 10.4. The molecule has 0 bridgehead atoms. The first-order chi connectivity index (χ1) is 15.9. The van der Waals surface area contributed by atoms with Gasteiger partial charge in [-0.15, -0.1) is 11.3 Å². The minimum atomic E-state index is -1.21. The van der Waals surface area contributed by atoms with Crippen LogP contribution in [0.15, 0.2) is 4.79 Å². The van der Waals surface area contributed by atoms with Crippen molar-refractivity contribution < 1.29 is 23.9 Å². The molecule has 0 aliphatic heterocycles. The monoisotopic (exact) mass is 489 g/mol. The molecule has 2 aromatic heterocycles. The van der Waals surface area contributed by atoms with E-state index in [0.29, 0.717) is 16.4 Å². The minimum Gasteiger partial charge on any atom is -0.462 e. The topological polar surface area (TPSA) is 127 Å². The molecule has 1 aliphatic carbocycles. The van der Waals surface area contributed by atoms with Crippen molar-refractivity contribution in [2.75, 3.05) is 11.9 Å². The number of aromatic amines is 1. The highest BCUT2D eigenvalue weighted by Gasteiger charge is 2.30. The van der Waals surface area contributed by atoms with E-state index in [-0.39, 0.29) is 17.9 Å². The smallest absolute Gasteiger partial charge is 0.346 e. The van der Waals surface area contributed by atoms with Crippen molar-refractivity contribution in [1.82, 2.24) is 9.97 Å². The third kappa shape index (κ3) is 5.38. The Labute approximate surface area is 202 Å². The van der Waals surface area contributed by atoms with Crippen molar-refractivity contribution in [2.24, 2.45) is 0 Å². The first-order valence-corrected chi connectivity index (χ1v) is 12.2. The summed E-state index contributed by atoms with van der Waals surface area (Å²) in [6.07, 6.45) is 2.37. The largest absolute Gasteiger partial charge is 0.462 e. The van der Waals surface area contributed by atoms with Crippen molar-refractivity contribution in [3.8, 4) is 0 Å². The molecule has 0 saturated heterocycles. The van der Waals surface area contributed by atoms with Crippen LogP contribution in [-0.2, 0) is 32.5 Å². The summed E-state index contributed by atoms with van der Waals surface area (Å²) in [5, 5.41) is 3.11. The number of H-pyrrole nitrogens is 1. The lowest BCUT2D eigenvalue weighted by atomic mass is 9.95. The maximum atomic E-state index is 12.8. The highest BCUT2D eigenvalue weighted by atomic mass is 32.1. The third-order valence-electron chi connectivity index (χ3n) is 5.56. The van der Waals surface area contributed by atoms with Crippen LogP contribution in [0, 0.1) is 6.92 Å². The molecule has 0 saturated carbocycles. The molecule has 1 amide bonds. The molecule has 1 aliphatic rings. The number of fused-ring (bicyclic) bond motifs is 1. The van der Waals surface area contributed by atoms with Crippen molar-refractivity contribution in [1.29, 1.82) is 0 Å². The quantitative estimate of drug-likeness (QED) is 0.593. The van der Waals surface area contributed by atoms with Crippen LogP contribution in [0.1, 0.15) is 90.1 Å². The Hall–Kier alpha value is -3.01. The van der Waals surface area contributed by atoms with Crippen LogP contribution >= 0.6 is 11.3 Å². The number of amides is 1. The number of hydrogen-bond acceptors (Lipinski definition) is 8. The van der Waals surface area contributed by atoms with E-state index in [2.05, 4.69) is 15.3 Å². The summed E-state index contributed by atoms with van der Waals surface area (Å²) in [7, 11) is 0. The van der Waals surface area contributed by atoms with E-state index >= 15 is 0 Å². The number of thiophene rings is 1. The van der Waals surface area contributed by atoms with Gasteiger partial charge in [-0.1, -0.05) is 20.8 Å². The second kappa shape index (κ2) is 10.1. The highest BCUT2D eigenvalue weighted by Crippen LogP contribution is 2.38. The van der Waals surface area contributed by atoms with E-state index in [1.165, 1.54) is 18.3 Å².